The highest BCUT2D eigenvalue weighted by Gasteiger charge is 2.19. The fourth-order valence-electron chi connectivity index (χ4n) is 2.08. The fraction of sp³-hybridized carbons (Fsp3) is 0.118. The van der Waals surface area contributed by atoms with Gasteiger partial charge >= 0.3 is 0 Å². The Morgan fingerprint density at radius 3 is 2.78 bits per heavy atom. The maximum absolute atomic E-state index is 12.1. The van der Waals surface area contributed by atoms with Gasteiger partial charge in [-0.15, -0.1) is 11.7 Å². The third-order valence-electron chi connectivity index (χ3n) is 3.24. The number of rotatable bonds is 5. The van der Waals surface area contributed by atoms with Gasteiger partial charge in [0.25, 0.3) is 5.91 Å². The predicted octanol–water partition coefficient (Wildman–Crippen LogP) is 2.75. The number of aryl methyl sites for hydroxylation is 1. The summed E-state index contributed by atoms with van der Waals surface area (Å²) in [6.07, 6.45) is 3.16. The lowest BCUT2D eigenvalue weighted by atomic mass is 10.2. The predicted molar refractivity (Wildman–Crippen MR) is 86.3 cm³/mol. The van der Waals surface area contributed by atoms with Crippen molar-refractivity contribution < 1.29 is 9.21 Å². The van der Waals surface area contributed by atoms with Gasteiger partial charge in [0.2, 0.25) is 5.82 Å². The summed E-state index contributed by atoms with van der Waals surface area (Å²) in [6, 6.07) is 11.3. The van der Waals surface area contributed by atoms with Crippen LogP contribution >= 0.6 is 0 Å². The first-order valence-corrected chi connectivity index (χ1v) is 7.16. The van der Waals surface area contributed by atoms with E-state index in [0.29, 0.717) is 18.1 Å². The van der Waals surface area contributed by atoms with Crippen LogP contribution in [0.3, 0.4) is 0 Å². The molecule has 0 atom stereocenters. The Morgan fingerprint density at radius 2 is 2.13 bits per heavy atom. The summed E-state index contributed by atoms with van der Waals surface area (Å²) < 4.78 is 7.01. The smallest absolute Gasteiger partial charge is 0.291 e. The lowest BCUT2D eigenvalue weighted by molar-refractivity contribution is 0.0948. The summed E-state index contributed by atoms with van der Waals surface area (Å²) in [7, 11) is 0. The first-order valence-electron chi connectivity index (χ1n) is 7.16. The van der Waals surface area contributed by atoms with Gasteiger partial charge in [0.05, 0.1) is 12.0 Å². The zero-order valence-electron chi connectivity index (χ0n) is 12.7. The normalized spacial score (nSPS) is 10.5. The number of furan rings is 1. The van der Waals surface area contributed by atoms with Crippen molar-refractivity contribution >= 4 is 5.91 Å². The molecule has 3 aromatic rings. The van der Waals surface area contributed by atoms with Crippen molar-refractivity contribution in [1.29, 1.82) is 0 Å². The highest BCUT2D eigenvalue weighted by atomic mass is 16.3. The molecule has 1 N–H and O–H groups in total. The molecule has 0 saturated carbocycles. The minimum absolute atomic E-state index is 0.0822. The number of amides is 1. The van der Waals surface area contributed by atoms with Gasteiger partial charge < -0.3 is 9.73 Å². The van der Waals surface area contributed by atoms with E-state index in [1.165, 1.54) is 0 Å². The molecular formula is C17H16N4O2. The SMILES string of the molecule is C=CCNC(=O)c1nc(-c2ccco2)n(-c2ccc(C)cc2)n1. The number of benzene rings is 1. The van der Waals surface area contributed by atoms with Crippen molar-refractivity contribution in [2.75, 3.05) is 6.54 Å². The molecule has 1 amide bonds. The molecule has 0 bridgehead atoms. The Morgan fingerprint density at radius 1 is 1.35 bits per heavy atom. The van der Waals surface area contributed by atoms with E-state index in [9.17, 15) is 4.79 Å². The highest BCUT2D eigenvalue weighted by Crippen LogP contribution is 2.21. The second kappa shape index (κ2) is 6.31. The quantitative estimate of drug-likeness (QED) is 0.736. The fourth-order valence-corrected chi connectivity index (χ4v) is 2.08. The van der Waals surface area contributed by atoms with Crippen molar-refractivity contribution in [3.05, 3.63) is 66.7 Å². The Hall–Kier alpha value is -3.15. The molecule has 0 fully saturated rings. The van der Waals surface area contributed by atoms with Gasteiger partial charge in [-0.3, -0.25) is 4.79 Å². The van der Waals surface area contributed by atoms with E-state index in [1.807, 2.05) is 31.2 Å². The number of aromatic nitrogens is 3. The summed E-state index contributed by atoms with van der Waals surface area (Å²) in [4.78, 5) is 16.4. The maximum Gasteiger partial charge on any atom is 0.291 e. The zero-order valence-corrected chi connectivity index (χ0v) is 12.7. The molecule has 3 rings (SSSR count). The van der Waals surface area contributed by atoms with Gasteiger partial charge in [-0.1, -0.05) is 23.8 Å². The van der Waals surface area contributed by atoms with Gasteiger partial charge in [-0.2, -0.15) is 4.98 Å². The van der Waals surface area contributed by atoms with Crippen molar-refractivity contribution in [1.82, 2.24) is 20.1 Å². The minimum Gasteiger partial charge on any atom is -0.461 e. The average molecular weight is 308 g/mol. The lowest BCUT2D eigenvalue weighted by Crippen LogP contribution is -2.24. The Labute approximate surface area is 133 Å². The van der Waals surface area contributed by atoms with E-state index < -0.39 is 0 Å². The molecule has 0 spiro atoms. The lowest BCUT2D eigenvalue weighted by Gasteiger charge is -2.04. The molecule has 116 valence electrons. The first-order chi connectivity index (χ1) is 11.2. The monoisotopic (exact) mass is 308 g/mol. The molecule has 6 nitrogen and oxygen atoms in total. The number of nitrogens with one attached hydrogen (secondary N) is 1. The van der Waals surface area contributed by atoms with Crippen LogP contribution in [-0.4, -0.2) is 27.2 Å². The second-order valence-corrected chi connectivity index (χ2v) is 4.98. The van der Waals surface area contributed by atoms with Gasteiger partial charge in [0.15, 0.2) is 11.6 Å². The largest absolute Gasteiger partial charge is 0.461 e. The van der Waals surface area contributed by atoms with E-state index >= 15 is 0 Å². The third kappa shape index (κ3) is 3.06. The molecule has 6 heteroatoms. The molecular weight excluding hydrogens is 292 g/mol. The van der Waals surface area contributed by atoms with E-state index in [-0.39, 0.29) is 11.7 Å². The van der Waals surface area contributed by atoms with Crippen LogP contribution in [-0.2, 0) is 0 Å². The molecule has 2 aromatic heterocycles. The van der Waals surface area contributed by atoms with Crippen molar-refractivity contribution in [2.45, 2.75) is 6.92 Å². The standard InChI is InChI=1S/C17H16N4O2/c1-3-10-18-17(22)15-19-16(14-5-4-11-23-14)21(20-15)13-8-6-12(2)7-9-13/h3-9,11H,1,10H2,2H3,(H,18,22). The molecule has 23 heavy (non-hydrogen) atoms. The van der Waals surface area contributed by atoms with E-state index in [4.69, 9.17) is 4.42 Å². The molecule has 0 radical (unpaired) electrons. The van der Waals surface area contributed by atoms with Crippen LogP contribution in [0.25, 0.3) is 17.3 Å². The molecule has 0 aliphatic carbocycles. The van der Waals surface area contributed by atoms with Crippen LogP contribution < -0.4 is 5.32 Å². The van der Waals surface area contributed by atoms with Gasteiger partial charge in [0, 0.05) is 6.54 Å². The van der Waals surface area contributed by atoms with E-state index in [0.717, 1.165) is 11.3 Å². The van der Waals surface area contributed by atoms with Crippen LogP contribution in [0.5, 0.6) is 0 Å². The molecule has 0 aliphatic heterocycles. The number of hydrogen-bond donors (Lipinski definition) is 1. The minimum atomic E-state index is -0.358. The number of nitrogens with zero attached hydrogens (tertiary/aromatic N) is 3. The zero-order chi connectivity index (χ0) is 16.2. The molecule has 0 aliphatic rings. The molecule has 2 heterocycles. The summed E-state index contributed by atoms with van der Waals surface area (Å²) >= 11 is 0. The van der Waals surface area contributed by atoms with Crippen LogP contribution in [0.1, 0.15) is 16.2 Å². The van der Waals surface area contributed by atoms with E-state index in [2.05, 4.69) is 22.0 Å². The van der Waals surface area contributed by atoms with Crippen LogP contribution in [0.15, 0.2) is 59.7 Å². The van der Waals surface area contributed by atoms with Crippen molar-refractivity contribution in [3.63, 3.8) is 0 Å². The van der Waals surface area contributed by atoms with Crippen LogP contribution in [0.2, 0.25) is 0 Å². The Balaban J connectivity index is 2.05. The summed E-state index contributed by atoms with van der Waals surface area (Å²) in [6.45, 7) is 5.93. The number of carbonyl (C=O) groups is 1. The second-order valence-electron chi connectivity index (χ2n) is 4.98. The summed E-state index contributed by atoms with van der Waals surface area (Å²) in [5, 5.41) is 6.99. The molecule has 0 unspecified atom stereocenters. The van der Waals surface area contributed by atoms with Crippen molar-refractivity contribution in [2.24, 2.45) is 0 Å². The van der Waals surface area contributed by atoms with Crippen LogP contribution in [0.4, 0.5) is 0 Å². The third-order valence-corrected chi connectivity index (χ3v) is 3.24. The first kappa shape index (κ1) is 14.8. The number of carbonyl (C=O) groups excluding carboxylic acids is 1. The van der Waals surface area contributed by atoms with E-state index in [1.54, 1.807) is 29.2 Å². The summed E-state index contributed by atoms with van der Waals surface area (Å²) in [5.41, 5.74) is 1.94. The molecule has 0 saturated heterocycles. The topological polar surface area (TPSA) is 73.0 Å². The molecule has 1 aromatic carbocycles. The average Bonchev–Trinajstić information content (AvgIpc) is 3.22. The summed E-state index contributed by atoms with van der Waals surface area (Å²) in [5.74, 6) is 0.742. The Bertz CT molecular complexity index is 817. The van der Waals surface area contributed by atoms with Crippen LogP contribution in [0, 0.1) is 6.92 Å². The highest BCUT2D eigenvalue weighted by molar-refractivity contribution is 5.91. The number of hydrogen-bond acceptors (Lipinski definition) is 4. The van der Waals surface area contributed by atoms with Gasteiger partial charge in [0.1, 0.15) is 0 Å². The van der Waals surface area contributed by atoms with Gasteiger partial charge in [-0.25, -0.2) is 4.68 Å². The maximum atomic E-state index is 12.1. The van der Waals surface area contributed by atoms with Gasteiger partial charge in [-0.05, 0) is 31.2 Å². The Kier molecular flexibility index (Phi) is 4.05. The van der Waals surface area contributed by atoms with Crippen molar-refractivity contribution in [3.8, 4) is 17.3 Å².